The number of hydrogen-bond donors (Lipinski definition) is 1. The molecule has 7 nitrogen and oxygen atoms in total. The van der Waals surface area contributed by atoms with Gasteiger partial charge in [-0.15, -0.1) is 10.2 Å². The number of hydrogen-bond acceptors (Lipinski definition) is 4. The van der Waals surface area contributed by atoms with E-state index in [2.05, 4.69) is 20.1 Å². The van der Waals surface area contributed by atoms with Gasteiger partial charge < -0.3 is 14.8 Å². The van der Waals surface area contributed by atoms with Crippen molar-refractivity contribution in [2.75, 3.05) is 19.6 Å². The Hall–Kier alpha value is -2.70. The third-order valence-corrected chi connectivity index (χ3v) is 5.99. The molecule has 2 aliphatic heterocycles. The van der Waals surface area contributed by atoms with Crippen molar-refractivity contribution < 1.29 is 9.59 Å². The van der Waals surface area contributed by atoms with Crippen LogP contribution in [0.1, 0.15) is 65.6 Å². The van der Waals surface area contributed by atoms with Crippen LogP contribution in [0.5, 0.6) is 0 Å². The second kappa shape index (κ2) is 8.76. The Balaban J connectivity index is 1.36. The molecule has 0 spiro atoms. The summed E-state index contributed by atoms with van der Waals surface area (Å²) in [6.07, 6.45) is 6.54. The Kier molecular flexibility index (Phi) is 5.92. The van der Waals surface area contributed by atoms with Gasteiger partial charge in [0, 0.05) is 37.5 Å². The highest BCUT2D eigenvalue weighted by molar-refractivity contribution is 5.96. The fourth-order valence-corrected chi connectivity index (χ4v) is 4.30. The molecular weight excluding hydrogens is 366 g/mol. The van der Waals surface area contributed by atoms with Gasteiger partial charge in [-0.3, -0.25) is 9.59 Å². The van der Waals surface area contributed by atoms with Crippen molar-refractivity contribution >= 4 is 11.8 Å². The van der Waals surface area contributed by atoms with Gasteiger partial charge in [0.2, 0.25) is 5.91 Å². The van der Waals surface area contributed by atoms with Crippen LogP contribution in [0.3, 0.4) is 0 Å². The van der Waals surface area contributed by atoms with Gasteiger partial charge in [0.15, 0.2) is 0 Å². The van der Waals surface area contributed by atoms with E-state index < -0.39 is 0 Å². The SMILES string of the molecule is Cc1ccc(C(=O)NCC(=O)N2CCCC(c3nnc4n3CCCCC4)C2)cc1. The molecule has 1 fully saturated rings. The highest BCUT2D eigenvalue weighted by atomic mass is 16.2. The number of carbonyl (C=O) groups is 2. The van der Waals surface area contributed by atoms with Crippen LogP contribution in [-0.4, -0.2) is 51.1 Å². The van der Waals surface area contributed by atoms with E-state index in [0.717, 1.165) is 49.6 Å². The Bertz CT molecular complexity index is 874. The zero-order valence-corrected chi connectivity index (χ0v) is 17.1. The molecule has 0 radical (unpaired) electrons. The van der Waals surface area contributed by atoms with Gasteiger partial charge in [-0.2, -0.15) is 0 Å². The summed E-state index contributed by atoms with van der Waals surface area (Å²) in [6, 6.07) is 7.35. The summed E-state index contributed by atoms with van der Waals surface area (Å²) < 4.78 is 2.28. The number of benzene rings is 1. The quantitative estimate of drug-likeness (QED) is 0.862. The normalized spacial score (nSPS) is 19.3. The molecule has 29 heavy (non-hydrogen) atoms. The predicted molar refractivity (Wildman–Crippen MR) is 110 cm³/mol. The van der Waals surface area contributed by atoms with Crippen molar-refractivity contribution in [3.63, 3.8) is 0 Å². The van der Waals surface area contributed by atoms with Crippen molar-refractivity contribution in [2.24, 2.45) is 0 Å². The molecule has 1 saturated heterocycles. The highest BCUT2D eigenvalue weighted by Gasteiger charge is 2.29. The van der Waals surface area contributed by atoms with E-state index in [-0.39, 0.29) is 24.3 Å². The standard InChI is InChI=1S/C22H29N5O2/c1-16-8-10-17(11-9-16)22(29)23-14-20(28)26-12-5-6-18(15-26)21-25-24-19-7-3-2-4-13-27(19)21/h8-11,18H,2-7,12-15H2,1H3,(H,23,29). The molecule has 1 N–H and O–H groups in total. The number of nitrogens with one attached hydrogen (secondary N) is 1. The van der Waals surface area contributed by atoms with Crippen molar-refractivity contribution in [1.82, 2.24) is 25.0 Å². The Morgan fingerprint density at radius 3 is 2.72 bits per heavy atom. The molecule has 2 aliphatic rings. The molecule has 1 atom stereocenters. The number of likely N-dealkylation sites (tertiary alicyclic amines) is 1. The molecule has 0 saturated carbocycles. The number of carbonyl (C=O) groups excluding carboxylic acids is 2. The summed E-state index contributed by atoms with van der Waals surface area (Å²) in [6.45, 7) is 4.37. The van der Waals surface area contributed by atoms with E-state index >= 15 is 0 Å². The van der Waals surface area contributed by atoms with E-state index in [4.69, 9.17) is 0 Å². The average Bonchev–Trinajstić information content (AvgIpc) is 3.00. The summed E-state index contributed by atoms with van der Waals surface area (Å²) in [5.74, 6) is 2.09. The van der Waals surface area contributed by atoms with Crippen LogP contribution >= 0.6 is 0 Å². The summed E-state index contributed by atoms with van der Waals surface area (Å²) in [5.41, 5.74) is 1.68. The first kappa shape index (κ1) is 19.6. The Labute approximate surface area is 171 Å². The fourth-order valence-electron chi connectivity index (χ4n) is 4.30. The molecule has 4 rings (SSSR count). The molecular formula is C22H29N5O2. The van der Waals surface area contributed by atoms with Gasteiger partial charge in [-0.1, -0.05) is 24.1 Å². The van der Waals surface area contributed by atoms with Crippen LogP contribution in [0, 0.1) is 6.92 Å². The van der Waals surface area contributed by atoms with E-state index in [1.165, 1.54) is 19.3 Å². The molecule has 2 aromatic rings. The number of aryl methyl sites for hydroxylation is 2. The first-order valence-corrected chi connectivity index (χ1v) is 10.7. The molecule has 1 unspecified atom stereocenters. The van der Waals surface area contributed by atoms with Crippen LogP contribution in [0.4, 0.5) is 0 Å². The van der Waals surface area contributed by atoms with Gasteiger partial charge >= 0.3 is 0 Å². The average molecular weight is 396 g/mol. The maximum Gasteiger partial charge on any atom is 0.251 e. The van der Waals surface area contributed by atoms with Gasteiger partial charge in [0.25, 0.3) is 5.91 Å². The lowest BCUT2D eigenvalue weighted by Crippen LogP contribution is -2.45. The Morgan fingerprint density at radius 2 is 1.90 bits per heavy atom. The molecule has 1 aromatic carbocycles. The number of piperidine rings is 1. The lowest BCUT2D eigenvalue weighted by atomic mass is 9.97. The summed E-state index contributed by atoms with van der Waals surface area (Å²) >= 11 is 0. The highest BCUT2D eigenvalue weighted by Crippen LogP contribution is 2.28. The number of nitrogens with zero attached hydrogens (tertiary/aromatic N) is 4. The first-order valence-electron chi connectivity index (χ1n) is 10.7. The van der Waals surface area contributed by atoms with Crippen LogP contribution in [0.2, 0.25) is 0 Å². The molecule has 154 valence electrons. The first-order chi connectivity index (χ1) is 14.1. The summed E-state index contributed by atoms with van der Waals surface area (Å²) in [7, 11) is 0. The van der Waals surface area contributed by atoms with Crippen LogP contribution < -0.4 is 5.32 Å². The molecule has 7 heteroatoms. The van der Waals surface area contributed by atoms with Crippen LogP contribution in [0.25, 0.3) is 0 Å². The van der Waals surface area contributed by atoms with Crippen LogP contribution in [0.15, 0.2) is 24.3 Å². The van der Waals surface area contributed by atoms with E-state index in [0.29, 0.717) is 12.1 Å². The lowest BCUT2D eigenvalue weighted by Gasteiger charge is -2.32. The summed E-state index contributed by atoms with van der Waals surface area (Å²) in [4.78, 5) is 26.9. The van der Waals surface area contributed by atoms with Gasteiger partial charge in [-0.05, 0) is 44.7 Å². The zero-order chi connectivity index (χ0) is 20.2. The largest absolute Gasteiger partial charge is 0.343 e. The maximum atomic E-state index is 12.7. The number of aromatic nitrogens is 3. The lowest BCUT2D eigenvalue weighted by molar-refractivity contribution is -0.131. The van der Waals surface area contributed by atoms with Gasteiger partial charge in [0.05, 0.1) is 6.54 Å². The number of amides is 2. The minimum absolute atomic E-state index is 0.0252. The second-order valence-electron chi connectivity index (χ2n) is 8.16. The smallest absolute Gasteiger partial charge is 0.251 e. The topological polar surface area (TPSA) is 80.1 Å². The Morgan fingerprint density at radius 1 is 1.07 bits per heavy atom. The third kappa shape index (κ3) is 4.49. The van der Waals surface area contributed by atoms with E-state index in [9.17, 15) is 9.59 Å². The minimum Gasteiger partial charge on any atom is -0.343 e. The predicted octanol–water partition coefficient (Wildman–Crippen LogP) is 2.45. The minimum atomic E-state index is -0.213. The molecule has 3 heterocycles. The summed E-state index contributed by atoms with van der Waals surface area (Å²) in [5, 5.41) is 11.7. The van der Waals surface area contributed by atoms with Crippen molar-refractivity contribution in [1.29, 1.82) is 0 Å². The zero-order valence-electron chi connectivity index (χ0n) is 17.1. The van der Waals surface area contributed by atoms with Gasteiger partial charge in [0.1, 0.15) is 11.6 Å². The van der Waals surface area contributed by atoms with Crippen molar-refractivity contribution in [2.45, 2.75) is 57.9 Å². The fraction of sp³-hybridized carbons (Fsp3) is 0.545. The molecule has 1 aromatic heterocycles. The molecule has 0 aliphatic carbocycles. The van der Waals surface area contributed by atoms with E-state index in [1.807, 2.05) is 24.0 Å². The second-order valence-corrected chi connectivity index (χ2v) is 8.16. The van der Waals surface area contributed by atoms with E-state index in [1.54, 1.807) is 12.1 Å². The molecule has 2 amide bonds. The van der Waals surface area contributed by atoms with Crippen LogP contribution in [-0.2, 0) is 17.8 Å². The number of rotatable bonds is 4. The van der Waals surface area contributed by atoms with Crippen molar-refractivity contribution in [3.05, 3.63) is 47.0 Å². The number of fused-ring (bicyclic) bond motifs is 1. The van der Waals surface area contributed by atoms with Gasteiger partial charge in [-0.25, -0.2) is 0 Å². The maximum absolute atomic E-state index is 12.7. The third-order valence-electron chi connectivity index (χ3n) is 5.99. The van der Waals surface area contributed by atoms with Crippen molar-refractivity contribution in [3.8, 4) is 0 Å². The monoisotopic (exact) mass is 395 g/mol. The molecule has 0 bridgehead atoms.